The van der Waals surface area contributed by atoms with E-state index < -0.39 is 0 Å². The summed E-state index contributed by atoms with van der Waals surface area (Å²) in [5, 5.41) is 6.72. The number of ether oxygens (including phenoxy) is 2. The Hall–Kier alpha value is -1.59. The molecule has 5 nitrogen and oxygen atoms in total. The van der Waals surface area contributed by atoms with Crippen molar-refractivity contribution in [2.45, 2.75) is 39.7 Å². The summed E-state index contributed by atoms with van der Waals surface area (Å²) in [5.74, 6) is 1.51. The molecule has 0 aliphatic carbocycles. The topological polar surface area (TPSA) is 54.9 Å². The minimum Gasteiger partial charge on any atom is -0.381 e. The van der Waals surface area contributed by atoms with E-state index in [-0.39, 0.29) is 0 Å². The average Bonchev–Trinajstić information content (AvgIpc) is 2.62. The third-order valence-corrected chi connectivity index (χ3v) is 4.62. The molecule has 0 amide bonds. The van der Waals surface area contributed by atoms with E-state index in [4.69, 9.17) is 9.47 Å². The molecule has 2 N–H and O–H groups in total. The maximum absolute atomic E-state index is 5.79. The van der Waals surface area contributed by atoms with Gasteiger partial charge in [-0.3, -0.25) is 4.99 Å². The first-order chi connectivity index (χ1) is 12.2. The lowest BCUT2D eigenvalue weighted by Gasteiger charge is -2.21. The van der Waals surface area contributed by atoms with E-state index in [1.165, 1.54) is 16.7 Å². The quantitative estimate of drug-likeness (QED) is 0.431. The molecule has 0 bridgehead atoms. The van der Waals surface area contributed by atoms with E-state index in [2.05, 4.69) is 47.7 Å². The van der Waals surface area contributed by atoms with Crippen LogP contribution in [0.25, 0.3) is 0 Å². The monoisotopic (exact) mass is 347 g/mol. The van der Waals surface area contributed by atoms with Crippen LogP contribution in [0.1, 0.15) is 36.0 Å². The highest BCUT2D eigenvalue weighted by Gasteiger charge is 2.13. The molecule has 1 aromatic rings. The molecule has 140 valence electrons. The summed E-state index contributed by atoms with van der Waals surface area (Å²) in [5.41, 5.74) is 3.90. The molecule has 1 heterocycles. The van der Waals surface area contributed by atoms with Crippen molar-refractivity contribution in [3.05, 3.63) is 34.9 Å². The van der Waals surface area contributed by atoms with Crippen molar-refractivity contribution in [1.29, 1.82) is 0 Å². The Morgan fingerprint density at radius 1 is 1.24 bits per heavy atom. The zero-order valence-electron chi connectivity index (χ0n) is 15.9. The van der Waals surface area contributed by atoms with Gasteiger partial charge in [0.25, 0.3) is 0 Å². The van der Waals surface area contributed by atoms with Gasteiger partial charge in [0, 0.05) is 46.6 Å². The minimum atomic E-state index is 0.675. The van der Waals surface area contributed by atoms with Crippen molar-refractivity contribution in [3.8, 4) is 0 Å². The largest absolute Gasteiger partial charge is 0.381 e. The van der Waals surface area contributed by atoms with Crippen LogP contribution >= 0.6 is 0 Å². The number of guanidine groups is 1. The fraction of sp³-hybridized carbons (Fsp3) is 0.650. The van der Waals surface area contributed by atoms with E-state index in [9.17, 15) is 0 Å². The second-order valence-corrected chi connectivity index (χ2v) is 6.77. The van der Waals surface area contributed by atoms with Gasteiger partial charge in [0.05, 0.1) is 0 Å². The summed E-state index contributed by atoms with van der Waals surface area (Å²) in [6, 6.07) is 6.54. The number of hydrogen-bond donors (Lipinski definition) is 2. The molecule has 1 fully saturated rings. The van der Waals surface area contributed by atoms with Crippen LogP contribution in [0.3, 0.4) is 0 Å². The van der Waals surface area contributed by atoms with Crippen LogP contribution in [0.4, 0.5) is 0 Å². The molecule has 1 saturated heterocycles. The molecule has 0 atom stereocenters. The van der Waals surface area contributed by atoms with Crippen LogP contribution in [0.15, 0.2) is 23.2 Å². The van der Waals surface area contributed by atoms with Gasteiger partial charge in [-0.25, -0.2) is 0 Å². The lowest BCUT2D eigenvalue weighted by molar-refractivity contribution is 0.0203. The SMILES string of the molecule is CN=C(NCCCOCC1CCOCC1)NCc1ccc(C)cc1C. The van der Waals surface area contributed by atoms with E-state index in [0.29, 0.717) is 5.92 Å². The Kier molecular flexibility index (Phi) is 8.77. The van der Waals surface area contributed by atoms with Crippen LogP contribution in [-0.2, 0) is 16.0 Å². The van der Waals surface area contributed by atoms with E-state index in [1.54, 1.807) is 7.05 Å². The molecule has 0 spiro atoms. The van der Waals surface area contributed by atoms with E-state index in [1.807, 2.05) is 0 Å². The Morgan fingerprint density at radius 2 is 2.04 bits per heavy atom. The number of rotatable bonds is 8. The highest BCUT2D eigenvalue weighted by molar-refractivity contribution is 5.79. The van der Waals surface area contributed by atoms with Crippen molar-refractivity contribution in [2.75, 3.05) is 40.0 Å². The van der Waals surface area contributed by atoms with Crippen LogP contribution < -0.4 is 10.6 Å². The standard InChI is InChI=1S/C20H33N3O2/c1-16-5-6-19(17(2)13-16)14-23-20(21-3)22-9-4-10-25-15-18-7-11-24-12-8-18/h5-6,13,18H,4,7-12,14-15H2,1-3H3,(H2,21,22,23). The Labute approximate surface area is 152 Å². The third-order valence-electron chi connectivity index (χ3n) is 4.62. The highest BCUT2D eigenvalue weighted by Crippen LogP contribution is 2.14. The number of aliphatic imine (C=N–C) groups is 1. The second-order valence-electron chi connectivity index (χ2n) is 6.77. The van der Waals surface area contributed by atoms with Gasteiger partial charge in [-0.15, -0.1) is 0 Å². The first kappa shape index (κ1) is 19.7. The lowest BCUT2D eigenvalue weighted by atomic mass is 10.0. The smallest absolute Gasteiger partial charge is 0.191 e. The van der Waals surface area contributed by atoms with Crippen molar-refractivity contribution < 1.29 is 9.47 Å². The van der Waals surface area contributed by atoms with Crippen LogP contribution in [0.2, 0.25) is 0 Å². The van der Waals surface area contributed by atoms with Gasteiger partial charge in [0.1, 0.15) is 0 Å². The van der Waals surface area contributed by atoms with Gasteiger partial charge in [0.2, 0.25) is 0 Å². The number of benzene rings is 1. The number of hydrogen-bond acceptors (Lipinski definition) is 3. The molecule has 2 rings (SSSR count). The second kappa shape index (κ2) is 11.1. The Bertz CT molecular complexity index is 540. The van der Waals surface area contributed by atoms with Crippen LogP contribution in [0, 0.1) is 19.8 Å². The zero-order valence-corrected chi connectivity index (χ0v) is 15.9. The normalized spacial score (nSPS) is 16.0. The van der Waals surface area contributed by atoms with Crippen molar-refractivity contribution >= 4 is 5.96 Å². The molecule has 0 radical (unpaired) electrons. The van der Waals surface area contributed by atoms with Gasteiger partial charge < -0.3 is 20.1 Å². The Morgan fingerprint density at radius 3 is 2.76 bits per heavy atom. The van der Waals surface area contributed by atoms with Crippen molar-refractivity contribution in [2.24, 2.45) is 10.9 Å². The molecule has 25 heavy (non-hydrogen) atoms. The summed E-state index contributed by atoms with van der Waals surface area (Å²) in [6.07, 6.45) is 3.24. The number of nitrogens with one attached hydrogen (secondary N) is 2. The number of nitrogens with zero attached hydrogens (tertiary/aromatic N) is 1. The first-order valence-electron chi connectivity index (χ1n) is 9.35. The lowest BCUT2D eigenvalue weighted by Crippen LogP contribution is -2.37. The molecule has 0 saturated carbocycles. The summed E-state index contributed by atoms with van der Waals surface area (Å²) in [7, 11) is 1.80. The first-order valence-corrected chi connectivity index (χ1v) is 9.35. The average molecular weight is 348 g/mol. The van der Waals surface area contributed by atoms with Gasteiger partial charge >= 0.3 is 0 Å². The molecular formula is C20H33N3O2. The predicted molar refractivity (Wildman–Crippen MR) is 103 cm³/mol. The number of aryl methyl sites for hydroxylation is 2. The van der Waals surface area contributed by atoms with Gasteiger partial charge in [-0.1, -0.05) is 23.8 Å². The predicted octanol–water partition coefficient (Wildman–Crippen LogP) is 2.80. The van der Waals surface area contributed by atoms with Crippen molar-refractivity contribution in [1.82, 2.24) is 10.6 Å². The van der Waals surface area contributed by atoms with E-state index in [0.717, 1.165) is 64.7 Å². The summed E-state index contributed by atoms with van der Waals surface area (Å²) in [6.45, 7) is 9.34. The van der Waals surface area contributed by atoms with Gasteiger partial charge in [-0.05, 0) is 50.2 Å². The summed E-state index contributed by atoms with van der Waals surface area (Å²) in [4.78, 5) is 4.28. The minimum absolute atomic E-state index is 0.675. The van der Waals surface area contributed by atoms with Gasteiger partial charge in [-0.2, -0.15) is 0 Å². The zero-order chi connectivity index (χ0) is 17.9. The van der Waals surface area contributed by atoms with Crippen LogP contribution in [-0.4, -0.2) is 46.0 Å². The fourth-order valence-corrected chi connectivity index (χ4v) is 2.99. The van der Waals surface area contributed by atoms with Crippen molar-refractivity contribution in [3.63, 3.8) is 0 Å². The van der Waals surface area contributed by atoms with Gasteiger partial charge in [0.15, 0.2) is 5.96 Å². The molecule has 1 aromatic carbocycles. The van der Waals surface area contributed by atoms with E-state index >= 15 is 0 Å². The highest BCUT2D eigenvalue weighted by atomic mass is 16.5. The molecule has 5 heteroatoms. The molecule has 0 aromatic heterocycles. The Balaban J connectivity index is 1.57. The maximum atomic E-state index is 5.79. The van der Waals surface area contributed by atoms with Crippen LogP contribution in [0.5, 0.6) is 0 Å². The summed E-state index contributed by atoms with van der Waals surface area (Å²) >= 11 is 0. The molecular weight excluding hydrogens is 314 g/mol. The molecule has 1 aliphatic heterocycles. The summed E-state index contributed by atoms with van der Waals surface area (Å²) < 4.78 is 11.2. The molecule has 0 unspecified atom stereocenters. The molecule has 1 aliphatic rings. The fourth-order valence-electron chi connectivity index (χ4n) is 2.99. The third kappa shape index (κ3) is 7.45. The maximum Gasteiger partial charge on any atom is 0.191 e.